The van der Waals surface area contributed by atoms with Gasteiger partial charge in [0.2, 0.25) is 0 Å². The van der Waals surface area contributed by atoms with Gasteiger partial charge in [0.05, 0.1) is 11.1 Å². The van der Waals surface area contributed by atoms with Crippen LogP contribution in [-0.2, 0) is 0 Å². The number of furan rings is 1. The van der Waals surface area contributed by atoms with E-state index >= 15 is 0 Å². The van der Waals surface area contributed by atoms with Crippen molar-refractivity contribution in [1.29, 1.82) is 10.5 Å². The van der Waals surface area contributed by atoms with Crippen molar-refractivity contribution in [3.8, 4) is 23.3 Å². The Balaban J connectivity index is 1.46. The van der Waals surface area contributed by atoms with E-state index < -0.39 is 0 Å². The summed E-state index contributed by atoms with van der Waals surface area (Å²) in [5.74, 6) is 0. The van der Waals surface area contributed by atoms with Gasteiger partial charge in [0.25, 0.3) is 0 Å². The van der Waals surface area contributed by atoms with Gasteiger partial charge in [-0.2, -0.15) is 10.5 Å². The second-order valence-electron chi connectivity index (χ2n) is 8.45. The lowest BCUT2D eigenvalue weighted by molar-refractivity contribution is 0.670. The quantitative estimate of drug-likeness (QED) is 0.264. The molecule has 1 heterocycles. The molecule has 0 radical (unpaired) electrons. The highest BCUT2D eigenvalue weighted by atomic mass is 16.3. The van der Waals surface area contributed by atoms with Gasteiger partial charge in [0, 0.05) is 33.4 Å². The molecule has 4 nitrogen and oxygen atoms in total. The summed E-state index contributed by atoms with van der Waals surface area (Å²) in [5, 5.41) is 21.1. The van der Waals surface area contributed by atoms with Crippen molar-refractivity contribution in [2.24, 2.45) is 0 Å². The first-order valence-corrected chi connectivity index (χ1v) is 11.6. The van der Waals surface area contributed by atoms with Crippen LogP contribution >= 0.6 is 0 Å². The summed E-state index contributed by atoms with van der Waals surface area (Å²) in [6.45, 7) is 0. The van der Waals surface area contributed by atoms with Crippen molar-refractivity contribution in [1.82, 2.24) is 0 Å². The maximum absolute atomic E-state index is 9.57. The summed E-state index contributed by atoms with van der Waals surface area (Å²) in [6.07, 6.45) is 0. The fourth-order valence-corrected chi connectivity index (χ4v) is 4.65. The molecule has 0 bridgehead atoms. The van der Waals surface area contributed by atoms with Crippen molar-refractivity contribution < 1.29 is 4.42 Å². The number of para-hydroxylation sites is 3. The van der Waals surface area contributed by atoms with Gasteiger partial charge in [-0.05, 0) is 54.1 Å². The van der Waals surface area contributed by atoms with Gasteiger partial charge in [0.1, 0.15) is 23.3 Å². The fourth-order valence-electron chi connectivity index (χ4n) is 4.65. The number of rotatable bonds is 4. The number of fused-ring (bicyclic) bond motifs is 3. The van der Waals surface area contributed by atoms with E-state index in [-0.39, 0.29) is 0 Å². The Morgan fingerprint density at radius 3 is 2.00 bits per heavy atom. The van der Waals surface area contributed by atoms with Crippen LogP contribution in [0.2, 0.25) is 0 Å². The van der Waals surface area contributed by atoms with Gasteiger partial charge < -0.3 is 9.32 Å². The molecule has 0 amide bonds. The average Bonchev–Trinajstić information content (AvgIpc) is 3.33. The Bertz CT molecular complexity index is 1800. The van der Waals surface area contributed by atoms with Gasteiger partial charge in [0.15, 0.2) is 0 Å². The minimum Gasteiger partial charge on any atom is -0.455 e. The zero-order valence-corrected chi connectivity index (χ0v) is 19.2. The first-order chi connectivity index (χ1) is 17.8. The normalized spacial score (nSPS) is 10.7. The smallest absolute Gasteiger partial charge is 0.143 e. The first-order valence-electron chi connectivity index (χ1n) is 11.6. The highest BCUT2D eigenvalue weighted by Gasteiger charge is 2.16. The Labute approximate surface area is 208 Å². The van der Waals surface area contributed by atoms with E-state index in [0.29, 0.717) is 11.1 Å². The number of hydrogen-bond acceptors (Lipinski definition) is 4. The van der Waals surface area contributed by atoms with Crippen LogP contribution in [0.3, 0.4) is 0 Å². The van der Waals surface area contributed by atoms with E-state index in [1.165, 1.54) is 0 Å². The number of nitriles is 2. The Morgan fingerprint density at radius 1 is 0.556 bits per heavy atom. The standard InChI is InChI=1S/C32H19N3O/c33-20-23-15-18-27(19-24(23)21-34)35(25-7-2-1-3-8-25)26-16-13-22(14-17-26)28-10-6-11-30-29-9-4-5-12-31(29)36-32(28)30/h1-19H. The molecule has 1 aromatic heterocycles. The van der Waals surface area contributed by atoms with E-state index in [4.69, 9.17) is 4.42 Å². The van der Waals surface area contributed by atoms with Crippen molar-refractivity contribution in [2.45, 2.75) is 0 Å². The molecule has 0 atom stereocenters. The molecular weight excluding hydrogens is 442 g/mol. The predicted molar refractivity (Wildman–Crippen MR) is 143 cm³/mol. The Hall–Kier alpha value is -5.32. The third-order valence-electron chi connectivity index (χ3n) is 6.36. The maximum atomic E-state index is 9.57. The fraction of sp³-hybridized carbons (Fsp3) is 0. The second-order valence-corrected chi connectivity index (χ2v) is 8.45. The van der Waals surface area contributed by atoms with Crippen LogP contribution in [0.25, 0.3) is 33.1 Å². The molecule has 0 unspecified atom stereocenters. The van der Waals surface area contributed by atoms with Crippen molar-refractivity contribution >= 4 is 39.0 Å². The van der Waals surface area contributed by atoms with Gasteiger partial charge in [-0.1, -0.05) is 66.7 Å². The summed E-state index contributed by atoms with van der Waals surface area (Å²) < 4.78 is 6.23. The number of hydrogen-bond donors (Lipinski definition) is 0. The van der Waals surface area contributed by atoms with Crippen LogP contribution in [0.15, 0.2) is 120 Å². The predicted octanol–water partition coefficient (Wildman–Crippen LogP) is 8.47. The number of nitrogens with zero attached hydrogens (tertiary/aromatic N) is 3. The molecule has 0 aliphatic heterocycles. The molecule has 6 rings (SSSR count). The van der Waals surface area contributed by atoms with Gasteiger partial charge in [-0.25, -0.2) is 0 Å². The summed E-state index contributed by atoms with van der Waals surface area (Å²) in [7, 11) is 0. The molecule has 6 aromatic rings. The first kappa shape index (κ1) is 21.2. The van der Waals surface area contributed by atoms with Crippen molar-refractivity contribution in [3.05, 3.63) is 126 Å². The van der Waals surface area contributed by atoms with E-state index in [0.717, 1.165) is 50.1 Å². The lowest BCUT2D eigenvalue weighted by atomic mass is 10.0. The summed E-state index contributed by atoms with van der Waals surface area (Å²) in [6, 6.07) is 42.1. The molecule has 0 saturated carbocycles. The molecule has 0 saturated heterocycles. The summed E-state index contributed by atoms with van der Waals surface area (Å²) in [4.78, 5) is 2.08. The Morgan fingerprint density at radius 2 is 1.22 bits per heavy atom. The molecule has 4 heteroatoms. The van der Waals surface area contributed by atoms with Crippen molar-refractivity contribution in [3.63, 3.8) is 0 Å². The van der Waals surface area contributed by atoms with E-state index in [1.807, 2.05) is 54.6 Å². The van der Waals surface area contributed by atoms with E-state index in [1.54, 1.807) is 12.1 Å². The monoisotopic (exact) mass is 461 g/mol. The third kappa shape index (κ3) is 3.55. The lowest BCUT2D eigenvalue weighted by Crippen LogP contribution is -2.10. The molecule has 0 N–H and O–H groups in total. The largest absolute Gasteiger partial charge is 0.455 e. The highest BCUT2D eigenvalue weighted by molar-refractivity contribution is 6.09. The molecule has 168 valence electrons. The van der Waals surface area contributed by atoms with Crippen LogP contribution in [0.1, 0.15) is 11.1 Å². The number of anilines is 3. The van der Waals surface area contributed by atoms with E-state index in [9.17, 15) is 10.5 Å². The zero-order chi connectivity index (χ0) is 24.5. The highest BCUT2D eigenvalue weighted by Crippen LogP contribution is 2.39. The zero-order valence-electron chi connectivity index (χ0n) is 19.2. The van der Waals surface area contributed by atoms with Crippen LogP contribution < -0.4 is 4.90 Å². The maximum Gasteiger partial charge on any atom is 0.143 e. The average molecular weight is 462 g/mol. The second kappa shape index (κ2) is 8.80. The minimum absolute atomic E-state index is 0.351. The molecule has 0 fully saturated rings. The van der Waals surface area contributed by atoms with Gasteiger partial charge in [-0.15, -0.1) is 0 Å². The molecule has 0 aliphatic carbocycles. The summed E-state index contributed by atoms with van der Waals surface area (Å²) >= 11 is 0. The van der Waals surface area contributed by atoms with Gasteiger partial charge >= 0.3 is 0 Å². The number of benzene rings is 5. The molecule has 36 heavy (non-hydrogen) atoms. The third-order valence-corrected chi connectivity index (χ3v) is 6.36. The lowest BCUT2D eigenvalue weighted by Gasteiger charge is -2.26. The van der Waals surface area contributed by atoms with Crippen LogP contribution in [0.4, 0.5) is 17.1 Å². The van der Waals surface area contributed by atoms with E-state index in [2.05, 4.69) is 65.6 Å². The molecule has 5 aromatic carbocycles. The van der Waals surface area contributed by atoms with Crippen LogP contribution in [0, 0.1) is 22.7 Å². The summed E-state index contributed by atoms with van der Waals surface area (Å²) in [5.41, 5.74) is 7.25. The Kier molecular flexibility index (Phi) is 5.19. The minimum atomic E-state index is 0.351. The SMILES string of the molecule is N#Cc1ccc(N(c2ccccc2)c2ccc(-c3cccc4c3oc3ccccc34)cc2)cc1C#N. The molecule has 0 aliphatic rings. The van der Waals surface area contributed by atoms with Gasteiger partial charge in [-0.3, -0.25) is 0 Å². The van der Waals surface area contributed by atoms with Crippen LogP contribution in [-0.4, -0.2) is 0 Å². The van der Waals surface area contributed by atoms with Crippen LogP contribution in [0.5, 0.6) is 0 Å². The topological polar surface area (TPSA) is 64.0 Å². The van der Waals surface area contributed by atoms with Crippen molar-refractivity contribution in [2.75, 3.05) is 4.90 Å². The molecule has 0 spiro atoms. The molecular formula is C32H19N3O.